The van der Waals surface area contributed by atoms with Crippen LogP contribution in [0, 0.1) is 19.8 Å². The number of anilines is 1. The van der Waals surface area contributed by atoms with E-state index in [1.165, 1.54) is 5.56 Å². The van der Waals surface area contributed by atoms with Gasteiger partial charge in [-0.3, -0.25) is 19.5 Å². The summed E-state index contributed by atoms with van der Waals surface area (Å²) in [4.78, 5) is 33.3. The number of hydrogen-bond donors (Lipinski definition) is 1. The Morgan fingerprint density at radius 1 is 1.05 bits per heavy atom. The first-order valence-electron chi connectivity index (χ1n) is 13.9. The predicted octanol–water partition coefficient (Wildman–Crippen LogP) is 5.30. The van der Waals surface area contributed by atoms with E-state index >= 15 is 0 Å². The molecule has 206 valence electrons. The van der Waals surface area contributed by atoms with Crippen molar-refractivity contribution < 1.29 is 19.1 Å². The van der Waals surface area contributed by atoms with Gasteiger partial charge in [-0.05, 0) is 87.1 Å². The van der Waals surface area contributed by atoms with Crippen molar-refractivity contribution in [2.45, 2.75) is 58.5 Å². The van der Waals surface area contributed by atoms with E-state index in [-0.39, 0.29) is 30.4 Å². The Morgan fingerprint density at radius 2 is 1.82 bits per heavy atom. The van der Waals surface area contributed by atoms with E-state index in [9.17, 15) is 9.59 Å². The van der Waals surface area contributed by atoms with Crippen molar-refractivity contribution in [2.24, 2.45) is 5.92 Å². The number of hydrogen-bond acceptors (Lipinski definition) is 5. The van der Waals surface area contributed by atoms with Gasteiger partial charge in [-0.25, -0.2) is 4.98 Å². The molecule has 8 nitrogen and oxygen atoms in total. The Bertz CT molecular complexity index is 1300. The first-order valence-corrected chi connectivity index (χ1v) is 13.9. The lowest BCUT2D eigenvalue weighted by atomic mass is 10.1. The summed E-state index contributed by atoms with van der Waals surface area (Å²) in [7, 11) is 1.64. The molecule has 0 radical (unpaired) electrons. The van der Waals surface area contributed by atoms with Gasteiger partial charge in [0.1, 0.15) is 12.3 Å². The number of rotatable bonds is 9. The van der Waals surface area contributed by atoms with Gasteiger partial charge in [0.15, 0.2) is 0 Å². The highest BCUT2D eigenvalue weighted by atomic mass is 16.5. The third kappa shape index (κ3) is 6.33. The number of aromatic nitrogens is 2. The van der Waals surface area contributed by atoms with Gasteiger partial charge in [0.2, 0.25) is 17.8 Å². The Kier molecular flexibility index (Phi) is 8.31. The molecule has 39 heavy (non-hydrogen) atoms. The van der Waals surface area contributed by atoms with E-state index in [0.29, 0.717) is 19.1 Å². The van der Waals surface area contributed by atoms with Crippen LogP contribution in [0.15, 0.2) is 48.7 Å². The molecule has 0 spiro atoms. The lowest BCUT2D eigenvalue weighted by Gasteiger charge is -2.27. The van der Waals surface area contributed by atoms with Crippen molar-refractivity contribution in [3.63, 3.8) is 0 Å². The van der Waals surface area contributed by atoms with Gasteiger partial charge >= 0.3 is 0 Å². The summed E-state index contributed by atoms with van der Waals surface area (Å²) in [5.74, 6) is 0.975. The van der Waals surface area contributed by atoms with E-state index in [1.54, 1.807) is 12.0 Å². The highest BCUT2D eigenvalue weighted by Crippen LogP contribution is 2.29. The summed E-state index contributed by atoms with van der Waals surface area (Å²) >= 11 is 0. The lowest BCUT2D eigenvalue weighted by Crippen LogP contribution is -2.44. The van der Waals surface area contributed by atoms with E-state index < -0.39 is 0 Å². The second-order valence-electron chi connectivity index (χ2n) is 10.7. The fourth-order valence-corrected chi connectivity index (χ4v) is 5.48. The third-order valence-electron chi connectivity index (χ3n) is 7.91. The normalized spacial score (nSPS) is 17.4. The minimum atomic E-state index is -0.267. The summed E-state index contributed by atoms with van der Waals surface area (Å²) in [5, 5.41) is 3.01. The zero-order valence-electron chi connectivity index (χ0n) is 23.1. The zero-order valence-corrected chi connectivity index (χ0v) is 23.1. The highest BCUT2D eigenvalue weighted by Gasteiger charge is 2.31. The summed E-state index contributed by atoms with van der Waals surface area (Å²) in [5.41, 5.74) is 4.87. The van der Waals surface area contributed by atoms with Crippen LogP contribution in [-0.4, -0.2) is 59.2 Å². The van der Waals surface area contributed by atoms with Crippen molar-refractivity contribution in [2.75, 3.05) is 32.1 Å². The average Bonchev–Trinajstić information content (AvgIpc) is 3.72. The van der Waals surface area contributed by atoms with Crippen molar-refractivity contribution in [1.29, 1.82) is 0 Å². The molecule has 2 aromatic carbocycles. The molecule has 2 heterocycles. The second-order valence-corrected chi connectivity index (χ2v) is 10.7. The largest absolute Gasteiger partial charge is 0.497 e. The second kappa shape index (κ2) is 12.0. The number of methoxy groups -OCH3 is 1. The maximum absolute atomic E-state index is 13.4. The van der Waals surface area contributed by atoms with E-state index in [4.69, 9.17) is 14.5 Å². The zero-order chi connectivity index (χ0) is 27.4. The molecule has 2 fully saturated rings. The number of benzene rings is 2. The summed E-state index contributed by atoms with van der Waals surface area (Å²) in [6, 6.07) is 13.8. The molecular weight excluding hydrogens is 492 g/mol. The number of ether oxygens (including phenoxy) is 2. The molecule has 1 N–H and O–H groups in total. The molecule has 0 unspecified atom stereocenters. The minimum Gasteiger partial charge on any atom is -0.497 e. The van der Waals surface area contributed by atoms with E-state index in [2.05, 4.69) is 31.3 Å². The molecule has 1 aromatic heterocycles. The lowest BCUT2D eigenvalue weighted by molar-refractivity contribution is -0.139. The maximum Gasteiger partial charge on any atom is 0.246 e. The maximum atomic E-state index is 13.4. The van der Waals surface area contributed by atoms with Crippen molar-refractivity contribution >= 4 is 17.8 Å². The van der Waals surface area contributed by atoms with Crippen LogP contribution in [-0.2, 0) is 14.3 Å². The number of amides is 2. The predicted molar refractivity (Wildman–Crippen MR) is 151 cm³/mol. The molecule has 5 rings (SSSR count). The van der Waals surface area contributed by atoms with Gasteiger partial charge in [-0.15, -0.1) is 0 Å². The number of imidazole rings is 1. The first kappa shape index (κ1) is 26.9. The van der Waals surface area contributed by atoms with Gasteiger partial charge in [-0.2, -0.15) is 0 Å². The molecule has 8 heteroatoms. The molecule has 1 aliphatic heterocycles. The quantitative estimate of drug-likeness (QED) is 0.406. The summed E-state index contributed by atoms with van der Waals surface area (Å²) in [6.07, 6.45) is 7.74. The van der Waals surface area contributed by atoms with E-state index in [1.807, 2.05) is 41.1 Å². The van der Waals surface area contributed by atoms with Crippen LogP contribution < -0.4 is 10.1 Å². The van der Waals surface area contributed by atoms with Crippen LogP contribution in [0.3, 0.4) is 0 Å². The number of nitrogens with one attached hydrogen (secondary N) is 1. The number of aryl methyl sites for hydroxylation is 2. The van der Waals surface area contributed by atoms with Gasteiger partial charge in [-0.1, -0.05) is 18.9 Å². The smallest absolute Gasteiger partial charge is 0.246 e. The van der Waals surface area contributed by atoms with Crippen molar-refractivity contribution in [3.05, 3.63) is 59.8 Å². The molecule has 1 saturated heterocycles. The molecule has 1 atom stereocenters. The van der Waals surface area contributed by atoms with Crippen molar-refractivity contribution in [1.82, 2.24) is 14.5 Å². The Balaban J connectivity index is 1.40. The monoisotopic (exact) mass is 530 g/mol. The molecule has 2 aliphatic rings. The first-order chi connectivity index (χ1) is 18.9. The van der Waals surface area contributed by atoms with Crippen LogP contribution in [0.5, 0.6) is 5.75 Å². The van der Waals surface area contributed by atoms with Crippen LogP contribution >= 0.6 is 0 Å². The molecule has 1 aliphatic carbocycles. The molecule has 0 bridgehead atoms. The van der Waals surface area contributed by atoms with Gasteiger partial charge in [0.25, 0.3) is 0 Å². The fourth-order valence-electron chi connectivity index (χ4n) is 5.48. The van der Waals surface area contributed by atoms with Crippen LogP contribution in [0.2, 0.25) is 0 Å². The number of carbonyl (C=O) groups excluding carboxylic acids is 2. The van der Waals surface area contributed by atoms with E-state index in [0.717, 1.165) is 66.8 Å². The summed E-state index contributed by atoms with van der Waals surface area (Å²) in [6.45, 7) is 5.28. The fraction of sp³-hybridized carbons (Fsp3) is 0.452. The summed E-state index contributed by atoms with van der Waals surface area (Å²) < 4.78 is 13.0. The van der Waals surface area contributed by atoms with Gasteiger partial charge in [0, 0.05) is 36.5 Å². The topological polar surface area (TPSA) is 85.7 Å². The standard InChI is InChI=1S/C31H38N4O4/c1-21-10-13-25(17-22(21)2)35-19-28(23-11-14-26(38-3)15-12-23)32-31(35)33-29(36)20-34(18-27-9-6-16-39-27)30(37)24-7-4-5-8-24/h10-15,17,19,24,27H,4-9,16,18,20H2,1-3H3,(H,32,33,36)/t27-/m0/s1. The van der Waals surface area contributed by atoms with Crippen LogP contribution in [0.4, 0.5) is 5.95 Å². The average molecular weight is 531 g/mol. The number of carbonyl (C=O) groups is 2. The third-order valence-corrected chi connectivity index (χ3v) is 7.91. The van der Waals surface area contributed by atoms with Gasteiger partial charge in [0.05, 0.1) is 18.9 Å². The van der Waals surface area contributed by atoms with Crippen LogP contribution in [0.1, 0.15) is 49.7 Å². The molecule has 3 aromatic rings. The molecule has 1 saturated carbocycles. The van der Waals surface area contributed by atoms with Gasteiger partial charge < -0.3 is 14.4 Å². The molecular formula is C31H38N4O4. The SMILES string of the molecule is COc1ccc(-c2cn(-c3ccc(C)c(C)c3)c(NC(=O)CN(C[C@@H]3CCCO3)C(=O)C3CCCC3)n2)cc1. The van der Waals surface area contributed by atoms with Crippen molar-refractivity contribution in [3.8, 4) is 22.7 Å². The van der Waals surface area contributed by atoms with Crippen LogP contribution in [0.25, 0.3) is 16.9 Å². The highest BCUT2D eigenvalue weighted by molar-refractivity contribution is 5.94. The Hall–Kier alpha value is -3.65. The Labute approximate surface area is 230 Å². The number of nitrogens with zero attached hydrogens (tertiary/aromatic N) is 3. The molecule has 2 amide bonds. The minimum absolute atomic E-state index is 0.00148. The Morgan fingerprint density at radius 3 is 2.49 bits per heavy atom.